The van der Waals surface area contributed by atoms with Crippen LogP contribution in [0.4, 0.5) is 5.69 Å². The molecule has 0 spiro atoms. The highest BCUT2D eigenvalue weighted by molar-refractivity contribution is 6.87. The van der Waals surface area contributed by atoms with Gasteiger partial charge in [-0.2, -0.15) is 0 Å². The number of anilines is 1. The van der Waals surface area contributed by atoms with E-state index in [0.29, 0.717) is 24.4 Å². The monoisotopic (exact) mass is 470 g/mol. The maximum absolute atomic E-state index is 12.0. The van der Waals surface area contributed by atoms with Crippen molar-refractivity contribution in [1.82, 2.24) is 0 Å². The lowest BCUT2D eigenvalue weighted by molar-refractivity contribution is -0.117. The van der Waals surface area contributed by atoms with Gasteiger partial charge in [0.15, 0.2) is 0 Å². The Morgan fingerprint density at radius 3 is 1.79 bits per heavy atom. The van der Waals surface area contributed by atoms with E-state index in [1.54, 1.807) is 0 Å². The Morgan fingerprint density at radius 1 is 0.824 bits per heavy atom. The summed E-state index contributed by atoms with van der Waals surface area (Å²) in [6.07, 6.45) is 3.92. The zero-order valence-corrected chi connectivity index (χ0v) is 21.6. The van der Waals surface area contributed by atoms with Crippen molar-refractivity contribution in [2.24, 2.45) is 0 Å². The first-order chi connectivity index (χ1) is 16.4. The maximum atomic E-state index is 12.0. The number of nitrogens with zero attached hydrogens (tertiary/aromatic N) is 1. The van der Waals surface area contributed by atoms with Gasteiger partial charge in [-0.25, -0.2) is 0 Å². The van der Waals surface area contributed by atoms with Crippen molar-refractivity contribution in [3.8, 4) is 0 Å². The van der Waals surface area contributed by atoms with Crippen LogP contribution < -0.4 is 15.3 Å². The van der Waals surface area contributed by atoms with Crippen LogP contribution in [-0.2, 0) is 4.79 Å². The van der Waals surface area contributed by atoms with Crippen LogP contribution in [0.5, 0.6) is 0 Å². The molecule has 0 saturated heterocycles. The number of amides is 1. The number of rotatable bonds is 5. The van der Waals surface area contributed by atoms with E-state index < -0.39 is 8.80 Å². The van der Waals surface area contributed by atoms with Gasteiger partial charge >= 0.3 is 0 Å². The van der Waals surface area contributed by atoms with Gasteiger partial charge in [-0.05, 0) is 30.0 Å². The molecule has 0 bridgehead atoms. The standard InChI is InChI=1S/C16H19Si.C14H17NO2/c1-16(2,3)17(14-10-6-4-7-11-14)15-12-8-5-9-13-15;16-11-9-12-6-7-14(17)15(10-8-12)13-4-2-1-3-5-13/h4-13H,1-3H3;1-6,16H,7-11H2. The van der Waals surface area contributed by atoms with Crippen molar-refractivity contribution in [3.05, 3.63) is 103 Å². The molecular weight excluding hydrogens is 434 g/mol. The lowest BCUT2D eigenvalue weighted by Gasteiger charge is -2.29. The molecule has 0 aliphatic carbocycles. The largest absolute Gasteiger partial charge is 0.396 e. The second-order valence-electron chi connectivity index (χ2n) is 9.53. The third-order valence-corrected chi connectivity index (χ3v) is 9.22. The number of aliphatic hydroxyl groups excluding tert-OH is 1. The van der Waals surface area contributed by atoms with Gasteiger partial charge in [-0.15, -0.1) is 0 Å². The number of hydrogen-bond acceptors (Lipinski definition) is 2. The molecule has 3 nitrogen and oxygen atoms in total. The zero-order chi connectivity index (χ0) is 24.4. The molecule has 1 heterocycles. The van der Waals surface area contributed by atoms with E-state index in [2.05, 4.69) is 81.4 Å². The molecule has 1 radical (unpaired) electrons. The minimum absolute atomic E-state index is 0.129. The smallest absolute Gasteiger partial charge is 0.230 e. The Hall–Kier alpha value is -2.95. The van der Waals surface area contributed by atoms with Gasteiger partial charge in [-0.3, -0.25) is 4.79 Å². The van der Waals surface area contributed by atoms with E-state index in [1.165, 1.54) is 15.9 Å². The van der Waals surface area contributed by atoms with Crippen molar-refractivity contribution in [2.75, 3.05) is 18.1 Å². The summed E-state index contributed by atoms with van der Waals surface area (Å²) in [5, 5.41) is 12.2. The molecule has 4 rings (SSSR count). The van der Waals surface area contributed by atoms with Gasteiger partial charge < -0.3 is 10.0 Å². The lowest BCUT2D eigenvalue weighted by Crippen LogP contribution is -2.48. The summed E-state index contributed by atoms with van der Waals surface area (Å²) < 4.78 is 0. The van der Waals surface area contributed by atoms with Crippen molar-refractivity contribution in [2.45, 2.75) is 45.1 Å². The number of benzene rings is 3. The summed E-state index contributed by atoms with van der Waals surface area (Å²) in [5.74, 6) is 0.129. The first kappa shape index (κ1) is 25.7. The molecule has 1 aliphatic rings. The molecule has 0 saturated carbocycles. The molecule has 0 aromatic heterocycles. The van der Waals surface area contributed by atoms with Crippen LogP contribution in [0.1, 0.15) is 40.0 Å². The van der Waals surface area contributed by atoms with E-state index >= 15 is 0 Å². The molecule has 3 aromatic rings. The molecule has 34 heavy (non-hydrogen) atoms. The summed E-state index contributed by atoms with van der Waals surface area (Å²) in [6.45, 7) is 7.91. The van der Waals surface area contributed by atoms with E-state index in [1.807, 2.05) is 41.3 Å². The van der Waals surface area contributed by atoms with Crippen LogP contribution in [0.25, 0.3) is 0 Å². The van der Waals surface area contributed by atoms with E-state index in [4.69, 9.17) is 5.11 Å². The fraction of sp³-hybridized carbons (Fsp3) is 0.300. The molecule has 1 amide bonds. The van der Waals surface area contributed by atoms with Crippen molar-refractivity contribution >= 4 is 30.8 Å². The average Bonchev–Trinajstić information content (AvgIpc) is 3.02. The predicted molar refractivity (Wildman–Crippen MR) is 145 cm³/mol. The molecule has 0 fully saturated rings. The van der Waals surface area contributed by atoms with Crippen molar-refractivity contribution in [3.63, 3.8) is 0 Å². The molecule has 4 heteroatoms. The Bertz CT molecular complexity index is 1000. The molecule has 177 valence electrons. The SMILES string of the molecule is CC(C)(C)[Si](c1ccccc1)c1ccccc1.O=C1CC=C(CCO)CCN1c1ccccc1. The molecular formula is C30H36NO2Si. The fourth-order valence-electron chi connectivity index (χ4n) is 4.32. The summed E-state index contributed by atoms with van der Waals surface area (Å²) in [7, 11) is -0.715. The van der Waals surface area contributed by atoms with Gasteiger partial charge in [0.05, 0.1) is 0 Å². The number of carbonyl (C=O) groups excluding carboxylic acids is 1. The highest BCUT2D eigenvalue weighted by Crippen LogP contribution is 2.26. The minimum Gasteiger partial charge on any atom is -0.396 e. The number of para-hydroxylation sites is 1. The molecule has 0 unspecified atom stereocenters. The van der Waals surface area contributed by atoms with E-state index in [9.17, 15) is 4.79 Å². The van der Waals surface area contributed by atoms with Crippen LogP contribution in [0.3, 0.4) is 0 Å². The van der Waals surface area contributed by atoms with E-state index in [0.717, 1.165) is 12.1 Å². The van der Waals surface area contributed by atoms with Crippen molar-refractivity contribution < 1.29 is 9.90 Å². The topological polar surface area (TPSA) is 40.5 Å². The Morgan fingerprint density at radius 2 is 1.32 bits per heavy atom. The van der Waals surface area contributed by atoms with Gasteiger partial charge in [0.1, 0.15) is 8.80 Å². The van der Waals surface area contributed by atoms with Gasteiger partial charge in [0, 0.05) is 25.3 Å². The highest BCUT2D eigenvalue weighted by Gasteiger charge is 2.29. The molecule has 1 aliphatic heterocycles. The zero-order valence-electron chi connectivity index (χ0n) is 20.6. The van der Waals surface area contributed by atoms with Crippen LogP contribution >= 0.6 is 0 Å². The van der Waals surface area contributed by atoms with Crippen LogP contribution in [0, 0.1) is 0 Å². The maximum Gasteiger partial charge on any atom is 0.230 e. The van der Waals surface area contributed by atoms with Crippen LogP contribution in [0.15, 0.2) is 103 Å². The van der Waals surface area contributed by atoms with Crippen LogP contribution in [-0.4, -0.2) is 33.0 Å². The quantitative estimate of drug-likeness (QED) is 0.410. The normalized spacial score (nSPS) is 14.2. The second-order valence-corrected chi connectivity index (χ2v) is 12.9. The highest BCUT2D eigenvalue weighted by atomic mass is 28.3. The molecule has 3 aromatic carbocycles. The molecule has 0 atom stereocenters. The number of aliphatic hydroxyl groups is 1. The van der Waals surface area contributed by atoms with E-state index in [-0.39, 0.29) is 12.5 Å². The van der Waals surface area contributed by atoms with Crippen molar-refractivity contribution in [1.29, 1.82) is 0 Å². The third-order valence-electron chi connectivity index (χ3n) is 5.90. The van der Waals surface area contributed by atoms with Gasteiger partial charge in [0.2, 0.25) is 5.91 Å². The summed E-state index contributed by atoms with van der Waals surface area (Å²) in [4.78, 5) is 13.8. The van der Waals surface area contributed by atoms with Crippen LogP contribution in [0.2, 0.25) is 5.04 Å². The minimum atomic E-state index is -0.715. The second kappa shape index (κ2) is 12.5. The summed E-state index contributed by atoms with van der Waals surface area (Å²) in [5.41, 5.74) is 2.13. The summed E-state index contributed by atoms with van der Waals surface area (Å²) in [6, 6.07) is 31.6. The Balaban J connectivity index is 0.000000191. The fourth-order valence-corrected chi connectivity index (χ4v) is 7.43. The van der Waals surface area contributed by atoms with Gasteiger partial charge in [0.25, 0.3) is 0 Å². The molecule has 1 N–H and O–H groups in total. The average molecular weight is 471 g/mol. The Kier molecular flexibility index (Phi) is 9.43. The first-order valence-electron chi connectivity index (χ1n) is 12.0. The predicted octanol–water partition coefficient (Wildman–Crippen LogP) is 5.22. The third kappa shape index (κ3) is 7.27. The number of carbonyl (C=O) groups is 1. The summed E-state index contributed by atoms with van der Waals surface area (Å²) >= 11 is 0. The lowest BCUT2D eigenvalue weighted by atomic mass is 10.1. The number of hydrogen-bond donors (Lipinski definition) is 1. The Labute approximate surface area is 206 Å². The van der Waals surface area contributed by atoms with Gasteiger partial charge in [-0.1, -0.05) is 122 Å². The first-order valence-corrected chi connectivity index (χ1v) is 13.5.